The number of benzene rings is 1. The maximum Gasteiger partial charge on any atom is 0.331 e. The molecule has 1 aliphatic rings. The fraction of sp³-hybridized carbons (Fsp3) is 0.409. The van der Waals surface area contributed by atoms with Crippen LogP contribution in [0.1, 0.15) is 29.9 Å². The Morgan fingerprint density at radius 3 is 2.76 bits per heavy atom. The quantitative estimate of drug-likeness (QED) is 0.353. The second-order valence-electron chi connectivity index (χ2n) is 7.58. The number of morpholine rings is 1. The van der Waals surface area contributed by atoms with Gasteiger partial charge < -0.3 is 14.0 Å². The summed E-state index contributed by atoms with van der Waals surface area (Å²) in [6.07, 6.45) is 3.81. The van der Waals surface area contributed by atoms with Crippen LogP contribution in [0.3, 0.4) is 0 Å². The number of ether oxygens (including phenoxy) is 2. The third-order valence-electron chi connectivity index (χ3n) is 5.22. The Kier molecular flexibility index (Phi) is 7.23. The molecule has 2 aromatic heterocycles. The lowest BCUT2D eigenvalue weighted by molar-refractivity contribution is -0.139. The predicted octanol–water partition coefficient (Wildman–Crippen LogP) is 2.99. The second-order valence-corrected chi connectivity index (χ2v) is 10.6. The number of aryl methyl sites for hydroxylation is 2. The number of hydrogen-bond acceptors (Lipinski definition) is 8. The first kappa shape index (κ1) is 23.6. The fourth-order valence-electron chi connectivity index (χ4n) is 3.63. The minimum Gasteiger partial charge on any atom is -0.454 e. The zero-order valence-electron chi connectivity index (χ0n) is 18.6. The van der Waals surface area contributed by atoms with E-state index in [4.69, 9.17) is 9.47 Å². The number of carbonyl (C=O) groups excluding carboxylic acids is 1. The summed E-state index contributed by atoms with van der Waals surface area (Å²) in [6.45, 7) is 6.04. The first-order valence-corrected chi connectivity index (χ1v) is 13.0. The number of fused-ring (bicyclic) bond motifs is 1. The van der Waals surface area contributed by atoms with Crippen LogP contribution < -0.4 is 0 Å². The molecular weight excluding hydrogens is 464 g/mol. The maximum absolute atomic E-state index is 13.0. The third kappa shape index (κ3) is 5.32. The van der Waals surface area contributed by atoms with E-state index in [1.54, 1.807) is 24.3 Å². The smallest absolute Gasteiger partial charge is 0.331 e. The molecule has 0 atom stereocenters. The lowest BCUT2D eigenvalue weighted by Crippen LogP contribution is -2.40. The van der Waals surface area contributed by atoms with E-state index in [0.29, 0.717) is 49.9 Å². The lowest BCUT2D eigenvalue weighted by Gasteiger charge is -2.26. The Balaban J connectivity index is 1.54. The molecule has 3 aromatic rings. The van der Waals surface area contributed by atoms with Crippen molar-refractivity contribution in [3.8, 4) is 0 Å². The van der Waals surface area contributed by atoms with Crippen LogP contribution in [0.2, 0.25) is 0 Å². The van der Waals surface area contributed by atoms with Gasteiger partial charge in [-0.1, -0.05) is 6.92 Å². The molecule has 0 N–H and O–H groups in total. The van der Waals surface area contributed by atoms with Gasteiger partial charge in [0, 0.05) is 31.1 Å². The summed E-state index contributed by atoms with van der Waals surface area (Å²) in [5.74, 6) is 0.0744. The molecule has 0 amide bonds. The molecule has 0 unspecified atom stereocenters. The van der Waals surface area contributed by atoms with E-state index in [9.17, 15) is 13.2 Å². The molecule has 4 rings (SSSR count). The zero-order chi connectivity index (χ0) is 23.4. The predicted molar refractivity (Wildman–Crippen MR) is 125 cm³/mol. The van der Waals surface area contributed by atoms with Crippen molar-refractivity contribution in [1.29, 1.82) is 0 Å². The second kappa shape index (κ2) is 10.1. The van der Waals surface area contributed by atoms with E-state index in [1.165, 1.54) is 21.7 Å². The minimum atomic E-state index is -3.62. The average molecular weight is 491 g/mol. The number of sulfonamides is 1. The van der Waals surface area contributed by atoms with E-state index in [-0.39, 0.29) is 11.5 Å². The summed E-state index contributed by atoms with van der Waals surface area (Å²) in [4.78, 5) is 21.2. The Bertz CT molecular complexity index is 1270. The van der Waals surface area contributed by atoms with Crippen molar-refractivity contribution in [2.45, 2.75) is 38.3 Å². The number of esters is 1. The SMILES string of the molecule is CCCn1c(COC(=O)/C=C/c2csc(C)n2)nc2cc(S(=O)(=O)N3CCOCC3)ccc21. The van der Waals surface area contributed by atoms with Crippen LogP contribution in [-0.4, -0.2) is 59.5 Å². The summed E-state index contributed by atoms with van der Waals surface area (Å²) >= 11 is 1.51. The van der Waals surface area contributed by atoms with Crippen molar-refractivity contribution in [2.75, 3.05) is 26.3 Å². The van der Waals surface area contributed by atoms with E-state index < -0.39 is 16.0 Å². The van der Waals surface area contributed by atoms with Crippen LogP contribution in [0.4, 0.5) is 0 Å². The van der Waals surface area contributed by atoms with Crippen molar-refractivity contribution >= 4 is 44.4 Å². The summed E-state index contributed by atoms with van der Waals surface area (Å²) in [7, 11) is -3.62. The molecule has 1 saturated heterocycles. The Labute approximate surface area is 196 Å². The molecule has 0 radical (unpaired) electrons. The van der Waals surface area contributed by atoms with Crippen LogP contribution in [0.15, 0.2) is 34.6 Å². The van der Waals surface area contributed by atoms with Crippen molar-refractivity contribution in [3.05, 3.63) is 46.2 Å². The Hall–Kier alpha value is -2.60. The van der Waals surface area contributed by atoms with Crippen molar-refractivity contribution in [1.82, 2.24) is 18.8 Å². The molecule has 0 bridgehead atoms. The first-order chi connectivity index (χ1) is 15.9. The third-order valence-corrected chi connectivity index (χ3v) is 7.91. The highest BCUT2D eigenvalue weighted by atomic mass is 32.2. The van der Waals surface area contributed by atoms with Crippen molar-refractivity contribution < 1.29 is 22.7 Å². The standard InChI is InChI=1S/C22H26N4O5S2/c1-3-8-26-20-6-5-18(33(28,29)25-9-11-30-12-10-25)13-19(20)24-21(26)14-31-22(27)7-4-17-15-32-16(2)23-17/h4-7,13,15H,3,8-12,14H2,1-2H3/b7-4+. The van der Waals surface area contributed by atoms with E-state index in [2.05, 4.69) is 9.97 Å². The van der Waals surface area contributed by atoms with Gasteiger partial charge in [0.25, 0.3) is 0 Å². The van der Waals surface area contributed by atoms with Gasteiger partial charge in [-0.25, -0.2) is 23.2 Å². The van der Waals surface area contributed by atoms with Crippen LogP contribution in [0.5, 0.6) is 0 Å². The molecule has 0 saturated carbocycles. The van der Waals surface area contributed by atoms with Gasteiger partial charge >= 0.3 is 5.97 Å². The normalized spacial score (nSPS) is 15.5. The highest BCUT2D eigenvalue weighted by molar-refractivity contribution is 7.89. The molecular formula is C22H26N4O5S2. The number of thiazole rings is 1. The van der Waals surface area contributed by atoms with Crippen LogP contribution in [0, 0.1) is 6.92 Å². The van der Waals surface area contributed by atoms with Gasteiger partial charge in [-0.2, -0.15) is 4.31 Å². The van der Waals surface area contributed by atoms with Crippen LogP contribution in [0.25, 0.3) is 17.1 Å². The fourth-order valence-corrected chi connectivity index (χ4v) is 5.64. The van der Waals surface area contributed by atoms with E-state index >= 15 is 0 Å². The number of rotatable bonds is 8. The molecule has 0 spiro atoms. The van der Waals surface area contributed by atoms with Crippen LogP contribution >= 0.6 is 11.3 Å². The van der Waals surface area contributed by atoms with Crippen LogP contribution in [-0.2, 0) is 37.4 Å². The summed E-state index contributed by atoms with van der Waals surface area (Å²) in [5.41, 5.74) is 2.07. The van der Waals surface area contributed by atoms with E-state index in [1.807, 2.05) is 23.8 Å². The number of carbonyl (C=O) groups is 1. The summed E-state index contributed by atoms with van der Waals surface area (Å²) < 4.78 is 40.1. The highest BCUT2D eigenvalue weighted by Crippen LogP contribution is 2.24. The number of imidazole rings is 1. The molecule has 176 valence electrons. The van der Waals surface area contributed by atoms with Gasteiger partial charge in [0.1, 0.15) is 12.4 Å². The number of hydrogen-bond donors (Lipinski definition) is 0. The van der Waals surface area contributed by atoms with Gasteiger partial charge in [-0.15, -0.1) is 11.3 Å². The topological polar surface area (TPSA) is 104 Å². The average Bonchev–Trinajstić information content (AvgIpc) is 3.39. The molecule has 11 heteroatoms. The maximum atomic E-state index is 13.0. The monoisotopic (exact) mass is 490 g/mol. The minimum absolute atomic E-state index is 0.0144. The molecule has 9 nitrogen and oxygen atoms in total. The summed E-state index contributed by atoms with van der Waals surface area (Å²) in [5, 5.41) is 2.79. The van der Waals surface area contributed by atoms with Crippen molar-refractivity contribution in [3.63, 3.8) is 0 Å². The van der Waals surface area contributed by atoms with Gasteiger partial charge in [0.15, 0.2) is 0 Å². The zero-order valence-corrected chi connectivity index (χ0v) is 20.2. The Morgan fingerprint density at radius 1 is 1.27 bits per heavy atom. The number of nitrogens with zero attached hydrogens (tertiary/aromatic N) is 4. The molecule has 1 aromatic carbocycles. The largest absolute Gasteiger partial charge is 0.454 e. The molecule has 3 heterocycles. The highest BCUT2D eigenvalue weighted by Gasteiger charge is 2.27. The van der Waals surface area contributed by atoms with Gasteiger partial charge in [0.05, 0.1) is 39.8 Å². The van der Waals surface area contributed by atoms with Gasteiger partial charge in [-0.3, -0.25) is 0 Å². The molecule has 1 aliphatic heterocycles. The first-order valence-electron chi connectivity index (χ1n) is 10.7. The number of aromatic nitrogens is 3. The molecule has 33 heavy (non-hydrogen) atoms. The lowest BCUT2D eigenvalue weighted by atomic mass is 10.3. The Morgan fingerprint density at radius 2 is 2.06 bits per heavy atom. The molecule has 0 aliphatic carbocycles. The summed E-state index contributed by atoms with van der Waals surface area (Å²) in [6, 6.07) is 4.96. The molecule has 1 fully saturated rings. The van der Waals surface area contributed by atoms with Gasteiger partial charge in [0.2, 0.25) is 10.0 Å². The van der Waals surface area contributed by atoms with Crippen molar-refractivity contribution in [2.24, 2.45) is 0 Å². The van der Waals surface area contributed by atoms with Gasteiger partial charge in [-0.05, 0) is 37.6 Å². The van der Waals surface area contributed by atoms with E-state index in [0.717, 1.165) is 16.9 Å².